The quantitative estimate of drug-likeness (QED) is 0.734. The molecular formula is C20H16FN5O3. The van der Waals surface area contributed by atoms with Crippen LogP contribution in [0.5, 0.6) is 0 Å². The number of rotatable bonds is 4. The molecule has 1 aliphatic heterocycles. The molecule has 1 aromatic carbocycles. The van der Waals surface area contributed by atoms with Gasteiger partial charge in [0.1, 0.15) is 18.0 Å². The maximum Gasteiger partial charge on any atom is 0.414 e. The molecule has 3 heterocycles. The molecule has 9 heteroatoms. The number of ether oxygens (including phenoxy) is 1. The van der Waals surface area contributed by atoms with E-state index >= 15 is 0 Å². The Kier molecular flexibility index (Phi) is 4.60. The van der Waals surface area contributed by atoms with Crippen LogP contribution >= 0.6 is 0 Å². The zero-order valence-electron chi connectivity index (χ0n) is 15.4. The van der Waals surface area contributed by atoms with Crippen molar-refractivity contribution in [3.63, 3.8) is 0 Å². The number of benzene rings is 1. The fraction of sp³-hybridized carbons (Fsp3) is 0.200. The first-order chi connectivity index (χ1) is 14.0. The van der Waals surface area contributed by atoms with Gasteiger partial charge in [-0.25, -0.2) is 14.2 Å². The molecule has 3 aromatic rings. The average Bonchev–Trinajstić information content (AvgIpc) is 3.31. The summed E-state index contributed by atoms with van der Waals surface area (Å²) in [6.07, 6.45) is 3.83. The summed E-state index contributed by atoms with van der Waals surface area (Å²) in [6, 6.07) is 8.07. The van der Waals surface area contributed by atoms with Crippen molar-refractivity contribution in [2.24, 2.45) is 0 Å². The lowest BCUT2D eigenvalue weighted by Crippen LogP contribution is -2.33. The molecule has 1 N–H and O–H groups in total. The van der Waals surface area contributed by atoms with Gasteiger partial charge in [-0.05, 0) is 24.3 Å². The molecule has 1 fully saturated rings. The topological polar surface area (TPSA) is 99.7 Å². The third kappa shape index (κ3) is 3.48. The van der Waals surface area contributed by atoms with Crippen molar-refractivity contribution in [3.05, 3.63) is 54.2 Å². The number of halogens is 1. The molecule has 0 radical (unpaired) electrons. The summed E-state index contributed by atoms with van der Waals surface area (Å²) >= 11 is 0. The molecule has 0 unspecified atom stereocenters. The van der Waals surface area contributed by atoms with E-state index in [1.165, 1.54) is 17.9 Å². The Hall–Kier alpha value is -3.93. The van der Waals surface area contributed by atoms with Crippen molar-refractivity contribution in [3.8, 4) is 17.2 Å². The van der Waals surface area contributed by atoms with Gasteiger partial charge in [0.25, 0.3) is 0 Å². The number of hydrogen-bond acceptors (Lipinski definition) is 5. The molecule has 0 aliphatic carbocycles. The van der Waals surface area contributed by atoms with Crippen molar-refractivity contribution in [2.45, 2.75) is 13.0 Å². The van der Waals surface area contributed by atoms with Crippen LogP contribution in [-0.2, 0) is 9.53 Å². The van der Waals surface area contributed by atoms with Gasteiger partial charge >= 0.3 is 6.09 Å². The molecule has 0 saturated carbocycles. The van der Waals surface area contributed by atoms with Gasteiger partial charge in [0.2, 0.25) is 5.91 Å². The van der Waals surface area contributed by atoms with Crippen LogP contribution in [0.2, 0.25) is 0 Å². The minimum atomic E-state index is -0.598. The van der Waals surface area contributed by atoms with E-state index in [9.17, 15) is 19.2 Å². The van der Waals surface area contributed by atoms with E-state index in [4.69, 9.17) is 4.74 Å². The molecule has 2 aromatic heterocycles. The van der Waals surface area contributed by atoms with E-state index in [-0.39, 0.29) is 19.0 Å². The normalized spacial score (nSPS) is 16.0. The lowest BCUT2D eigenvalue weighted by Gasteiger charge is -2.15. The first-order valence-corrected chi connectivity index (χ1v) is 8.85. The van der Waals surface area contributed by atoms with E-state index in [0.29, 0.717) is 28.0 Å². The van der Waals surface area contributed by atoms with E-state index in [1.807, 2.05) is 0 Å². The summed E-state index contributed by atoms with van der Waals surface area (Å²) in [4.78, 5) is 28.6. The molecule has 2 amide bonds. The Morgan fingerprint density at radius 1 is 1.45 bits per heavy atom. The smallest absolute Gasteiger partial charge is 0.414 e. The number of anilines is 1. The highest BCUT2D eigenvalue weighted by atomic mass is 19.1. The highest BCUT2D eigenvalue weighted by molar-refractivity contribution is 5.90. The fourth-order valence-corrected chi connectivity index (χ4v) is 3.26. The fourth-order valence-electron chi connectivity index (χ4n) is 3.26. The molecule has 8 nitrogen and oxygen atoms in total. The number of cyclic esters (lactones) is 1. The summed E-state index contributed by atoms with van der Waals surface area (Å²) in [5.41, 5.74) is 2.00. The van der Waals surface area contributed by atoms with Crippen LogP contribution in [-0.4, -0.2) is 40.6 Å². The number of carbonyl (C=O) groups excluding carboxylic acids is 2. The van der Waals surface area contributed by atoms with E-state index in [1.54, 1.807) is 41.2 Å². The Balaban J connectivity index is 1.61. The average molecular weight is 393 g/mol. The van der Waals surface area contributed by atoms with Crippen molar-refractivity contribution in [1.29, 1.82) is 5.26 Å². The maximum absolute atomic E-state index is 14.9. The summed E-state index contributed by atoms with van der Waals surface area (Å²) in [5, 5.41) is 11.9. The molecule has 29 heavy (non-hydrogen) atoms. The molecule has 0 spiro atoms. The Morgan fingerprint density at radius 2 is 2.28 bits per heavy atom. The Labute approximate surface area is 165 Å². The van der Waals surface area contributed by atoms with Gasteiger partial charge in [-0.15, -0.1) is 0 Å². The minimum Gasteiger partial charge on any atom is -0.442 e. The van der Waals surface area contributed by atoms with Gasteiger partial charge in [-0.2, -0.15) is 5.26 Å². The highest BCUT2D eigenvalue weighted by Gasteiger charge is 2.32. The summed E-state index contributed by atoms with van der Waals surface area (Å²) < 4.78 is 21.8. The van der Waals surface area contributed by atoms with Crippen LogP contribution in [0.1, 0.15) is 12.5 Å². The zero-order chi connectivity index (χ0) is 20.5. The van der Waals surface area contributed by atoms with E-state index in [2.05, 4.69) is 16.4 Å². The van der Waals surface area contributed by atoms with Gasteiger partial charge in [-0.1, -0.05) is 0 Å². The largest absolute Gasteiger partial charge is 0.442 e. The molecule has 146 valence electrons. The molecule has 1 saturated heterocycles. The third-order valence-corrected chi connectivity index (χ3v) is 4.64. The number of amides is 2. The standard InChI is InChI=1S/C20H16FN5O3/c1-12(27)24-9-16-11-26(20(28)29-16)15-2-3-17(18(21)7-15)14-6-13(8-22)19-23-4-5-25(19)10-14/h2-7,10,16H,9,11H2,1H3,(H,24,27)/t16-/m0/s1. The van der Waals surface area contributed by atoms with Gasteiger partial charge in [0.05, 0.1) is 24.3 Å². The number of aromatic nitrogens is 2. The van der Waals surface area contributed by atoms with Gasteiger partial charge in [-0.3, -0.25) is 9.69 Å². The van der Waals surface area contributed by atoms with Crippen LogP contribution in [0.4, 0.5) is 14.9 Å². The van der Waals surface area contributed by atoms with Gasteiger partial charge < -0.3 is 14.5 Å². The summed E-state index contributed by atoms with van der Waals surface area (Å²) in [6.45, 7) is 1.78. The number of nitriles is 1. The number of pyridine rings is 1. The molecule has 4 rings (SSSR count). The predicted molar refractivity (Wildman–Crippen MR) is 102 cm³/mol. The first kappa shape index (κ1) is 18.4. The second-order valence-corrected chi connectivity index (χ2v) is 6.63. The maximum atomic E-state index is 14.9. The number of imidazole rings is 1. The number of hydrogen-bond donors (Lipinski definition) is 1. The third-order valence-electron chi connectivity index (χ3n) is 4.64. The Morgan fingerprint density at radius 3 is 3.00 bits per heavy atom. The molecule has 1 atom stereocenters. The second-order valence-electron chi connectivity index (χ2n) is 6.63. The number of fused-ring (bicyclic) bond motifs is 1. The molecule has 0 bridgehead atoms. The van der Waals surface area contributed by atoms with Crippen LogP contribution in [0, 0.1) is 17.1 Å². The highest BCUT2D eigenvalue weighted by Crippen LogP contribution is 2.30. The number of nitrogens with zero attached hydrogens (tertiary/aromatic N) is 4. The van der Waals surface area contributed by atoms with E-state index in [0.717, 1.165) is 0 Å². The predicted octanol–water partition coefficient (Wildman–Crippen LogP) is 2.47. The zero-order valence-corrected chi connectivity index (χ0v) is 15.4. The van der Waals surface area contributed by atoms with Crippen molar-refractivity contribution in [2.75, 3.05) is 18.0 Å². The van der Waals surface area contributed by atoms with Crippen molar-refractivity contribution in [1.82, 2.24) is 14.7 Å². The van der Waals surface area contributed by atoms with Crippen molar-refractivity contribution >= 4 is 23.3 Å². The van der Waals surface area contributed by atoms with Crippen LogP contribution in [0.15, 0.2) is 42.9 Å². The van der Waals surface area contributed by atoms with Crippen molar-refractivity contribution < 1.29 is 18.7 Å². The monoisotopic (exact) mass is 393 g/mol. The molecule has 1 aliphatic rings. The first-order valence-electron chi connectivity index (χ1n) is 8.85. The Bertz CT molecular complexity index is 1170. The second kappa shape index (κ2) is 7.24. The van der Waals surface area contributed by atoms with Crippen LogP contribution in [0.25, 0.3) is 16.8 Å². The van der Waals surface area contributed by atoms with Gasteiger partial charge in [0, 0.05) is 36.6 Å². The summed E-state index contributed by atoms with van der Waals surface area (Å²) in [7, 11) is 0. The summed E-state index contributed by atoms with van der Waals surface area (Å²) in [5.74, 6) is -0.759. The van der Waals surface area contributed by atoms with Crippen LogP contribution in [0.3, 0.4) is 0 Å². The lowest BCUT2D eigenvalue weighted by molar-refractivity contribution is -0.119. The SMILES string of the molecule is CC(=O)NC[C@H]1CN(c2ccc(-c3cc(C#N)c4nccn4c3)c(F)c2)C(=O)O1. The minimum absolute atomic E-state index is 0.194. The van der Waals surface area contributed by atoms with E-state index < -0.39 is 18.0 Å². The van der Waals surface area contributed by atoms with Gasteiger partial charge in [0.15, 0.2) is 5.65 Å². The molecular weight excluding hydrogens is 377 g/mol. The number of nitrogens with one attached hydrogen (secondary N) is 1. The lowest BCUT2D eigenvalue weighted by atomic mass is 10.0. The number of carbonyl (C=O) groups is 2. The van der Waals surface area contributed by atoms with Crippen LogP contribution < -0.4 is 10.2 Å².